The van der Waals surface area contributed by atoms with E-state index in [1.54, 1.807) is 19.4 Å². The first-order chi connectivity index (χ1) is 13.9. The number of amides is 1. The fourth-order valence-corrected chi connectivity index (χ4v) is 3.62. The van der Waals surface area contributed by atoms with Gasteiger partial charge in [0.15, 0.2) is 0 Å². The first-order valence-electron chi connectivity index (χ1n) is 10.1. The van der Waals surface area contributed by atoms with Crippen LogP contribution in [0, 0.1) is 0 Å². The molecule has 1 amide bonds. The Morgan fingerprint density at radius 3 is 2.83 bits per heavy atom. The molecule has 0 bridgehead atoms. The van der Waals surface area contributed by atoms with Crippen molar-refractivity contribution in [2.24, 2.45) is 0 Å². The number of likely N-dealkylation sites (tertiary alicyclic amines) is 1. The first-order valence-corrected chi connectivity index (χ1v) is 10.1. The Labute approximate surface area is 171 Å². The van der Waals surface area contributed by atoms with Crippen LogP contribution in [0.3, 0.4) is 0 Å². The van der Waals surface area contributed by atoms with Gasteiger partial charge in [-0.25, -0.2) is 4.68 Å². The van der Waals surface area contributed by atoms with E-state index in [9.17, 15) is 9.59 Å². The van der Waals surface area contributed by atoms with Crippen molar-refractivity contribution in [3.8, 4) is 5.75 Å². The standard InChI is InChI=1S/C22H30N4O3/c1-16(2)24(3)19-13-22(28)26(23-14-19)18-8-6-10-25(15-18)21(27)12-17-7-5-9-20(11-17)29-4/h5,7,9,11,13-14,16,18H,6,8,10,12,15H2,1-4H3/t18-/m1/s1. The van der Waals surface area contributed by atoms with Crippen molar-refractivity contribution in [1.29, 1.82) is 0 Å². The van der Waals surface area contributed by atoms with Crippen LogP contribution in [0.15, 0.2) is 41.3 Å². The van der Waals surface area contributed by atoms with Crippen molar-refractivity contribution >= 4 is 11.6 Å². The molecule has 29 heavy (non-hydrogen) atoms. The molecule has 7 nitrogen and oxygen atoms in total. The van der Waals surface area contributed by atoms with E-state index in [1.165, 1.54) is 4.68 Å². The van der Waals surface area contributed by atoms with E-state index in [0.717, 1.165) is 29.8 Å². The van der Waals surface area contributed by atoms with Gasteiger partial charge in [-0.15, -0.1) is 0 Å². The SMILES string of the molecule is COc1cccc(CC(=O)N2CCC[C@@H](n3ncc(N(C)C(C)C)cc3=O)C2)c1. The predicted molar refractivity (Wildman–Crippen MR) is 114 cm³/mol. The summed E-state index contributed by atoms with van der Waals surface area (Å²) in [4.78, 5) is 29.3. The van der Waals surface area contributed by atoms with Gasteiger partial charge in [-0.05, 0) is 44.4 Å². The zero-order valence-electron chi connectivity index (χ0n) is 17.7. The Balaban J connectivity index is 1.70. The number of ether oxygens (including phenoxy) is 1. The van der Waals surface area contributed by atoms with Gasteiger partial charge in [0.2, 0.25) is 5.91 Å². The minimum absolute atomic E-state index is 0.0622. The highest BCUT2D eigenvalue weighted by Gasteiger charge is 2.26. The molecule has 1 aliphatic rings. The largest absolute Gasteiger partial charge is 0.497 e. The van der Waals surface area contributed by atoms with Crippen LogP contribution >= 0.6 is 0 Å². The molecule has 0 aliphatic carbocycles. The van der Waals surface area contributed by atoms with Gasteiger partial charge in [0.1, 0.15) is 5.75 Å². The molecule has 7 heteroatoms. The molecule has 2 aromatic rings. The number of piperidine rings is 1. The summed E-state index contributed by atoms with van der Waals surface area (Å²) >= 11 is 0. The van der Waals surface area contributed by atoms with Crippen molar-refractivity contribution in [3.05, 3.63) is 52.4 Å². The lowest BCUT2D eigenvalue weighted by Crippen LogP contribution is -2.44. The summed E-state index contributed by atoms with van der Waals surface area (Å²) in [5.41, 5.74) is 1.61. The van der Waals surface area contributed by atoms with E-state index in [4.69, 9.17) is 4.74 Å². The highest BCUT2D eigenvalue weighted by molar-refractivity contribution is 5.79. The van der Waals surface area contributed by atoms with Crippen molar-refractivity contribution in [1.82, 2.24) is 14.7 Å². The maximum Gasteiger partial charge on any atom is 0.269 e. The molecule has 1 saturated heterocycles. The van der Waals surface area contributed by atoms with Crippen LogP contribution in [-0.2, 0) is 11.2 Å². The van der Waals surface area contributed by atoms with Gasteiger partial charge in [0.25, 0.3) is 5.56 Å². The summed E-state index contributed by atoms with van der Waals surface area (Å²) < 4.78 is 6.77. The molecule has 156 valence electrons. The minimum Gasteiger partial charge on any atom is -0.497 e. The summed E-state index contributed by atoms with van der Waals surface area (Å²) in [5, 5.41) is 4.41. The monoisotopic (exact) mass is 398 g/mol. The van der Waals surface area contributed by atoms with Crippen LogP contribution in [0.25, 0.3) is 0 Å². The average Bonchev–Trinajstić information content (AvgIpc) is 2.73. The molecule has 1 aromatic carbocycles. The molecule has 1 fully saturated rings. The van der Waals surface area contributed by atoms with Crippen molar-refractivity contribution in [3.63, 3.8) is 0 Å². The van der Waals surface area contributed by atoms with Crippen LogP contribution in [-0.4, -0.2) is 53.9 Å². The van der Waals surface area contributed by atoms with Gasteiger partial charge in [0.05, 0.1) is 31.5 Å². The van der Waals surface area contributed by atoms with Crippen LogP contribution < -0.4 is 15.2 Å². The third-order valence-corrected chi connectivity index (χ3v) is 5.58. The molecular formula is C22H30N4O3. The van der Waals surface area contributed by atoms with E-state index < -0.39 is 0 Å². The molecule has 0 spiro atoms. The Hall–Kier alpha value is -2.83. The molecule has 0 radical (unpaired) electrons. The van der Waals surface area contributed by atoms with Crippen molar-refractivity contribution in [2.45, 2.75) is 45.2 Å². The Bertz CT molecular complexity index is 909. The lowest BCUT2D eigenvalue weighted by atomic mass is 10.0. The molecular weight excluding hydrogens is 368 g/mol. The van der Waals surface area contributed by atoms with Gasteiger partial charge >= 0.3 is 0 Å². The molecule has 3 rings (SSSR count). The number of nitrogens with zero attached hydrogens (tertiary/aromatic N) is 4. The van der Waals surface area contributed by atoms with Crippen LogP contribution in [0.1, 0.15) is 38.3 Å². The lowest BCUT2D eigenvalue weighted by molar-refractivity contribution is -0.132. The summed E-state index contributed by atoms with van der Waals surface area (Å²) in [6.07, 6.45) is 3.76. The Morgan fingerprint density at radius 1 is 1.34 bits per heavy atom. The van der Waals surface area contributed by atoms with Crippen molar-refractivity contribution < 1.29 is 9.53 Å². The number of methoxy groups -OCH3 is 1. The quantitative estimate of drug-likeness (QED) is 0.748. The number of hydrogen-bond acceptors (Lipinski definition) is 5. The predicted octanol–water partition coefficient (Wildman–Crippen LogP) is 2.50. The molecule has 2 heterocycles. The summed E-state index contributed by atoms with van der Waals surface area (Å²) in [7, 11) is 3.57. The second-order valence-corrected chi connectivity index (χ2v) is 7.87. The Kier molecular flexibility index (Phi) is 6.56. The number of hydrogen-bond donors (Lipinski definition) is 0. The fraction of sp³-hybridized carbons (Fsp3) is 0.500. The first kappa shape index (κ1) is 20.9. The summed E-state index contributed by atoms with van der Waals surface area (Å²) in [6, 6.07) is 9.38. The van der Waals surface area contributed by atoms with Crippen LogP contribution in [0.2, 0.25) is 0 Å². The number of benzene rings is 1. The highest BCUT2D eigenvalue weighted by atomic mass is 16.5. The average molecular weight is 399 g/mol. The third kappa shape index (κ3) is 4.96. The van der Waals surface area contributed by atoms with Crippen LogP contribution in [0.4, 0.5) is 5.69 Å². The molecule has 1 aromatic heterocycles. The molecule has 1 atom stereocenters. The number of anilines is 1. The van der Waals surface area contributed by atoms with E-state index in [-0.39, 0.29) is 23.6 Å². The number of carbonyl (C=O) groups is 1. The van der Waals surface area contributed by atoms with Gasteiger partial charge in [-0.3, -0.25) is 9.59 Å². The number of carbonyl (C=O) groups excluding carboxylic acids is 1. The lowest BCUT2D eigenvalue weighted by Gasteiger charge is -2.33. The van der Waals surface area contributed by atoms with E-state index >= 15 is 0 Å². The zero-order chi connectivity index (χ0) is 21.0. The number of aromatic nitrogens is 2. The second kappa shape index (κ2) is 9.11. The normalized spacial score (nSPS) is 16.7. The Morgan fingerprint density at radius 2 is 2.14 bits per heavy atom. The molecule has 0 saturated carbocycles. The molecule has 0 unspecified atom stereocenters. The van der Waals surface area contributed by atoms with E-state index in [2.05, 4.69) is 18.9 Å². The smallest absolute Gasteiger partial charge is 0.269 e. The topological polar surface area (TPSA) is 67.7 Å². The molecule has 1 aliphatic heterocycles. The van der Waals surface area contributed by atoms with Crippen molar-refractivity contribution in [2.75, 3.05) is 32.1 Å². The maximum atomic E-state index is 12.8. The van der Waals surface area contributed by atoms with E-state index in [0.29, 0.717) is 19.5 Å². The van der Waals surface area contributed by atoms with Gasteiger partial charge in [-0.1, -0.05) is 12.1 Å². The van der Waals surface area contributed by atoms with Crippen LogP contribution in [0.5, 0.6) is 5.75 Å². The maximum absolute atomic E-state index is 12.8. The minimum atomic E-state index is -0.123. The summed E-state index contributed by atoms with van der Waals surface area (Å²) in [6.45, 7) is 5.36. The van der Waals surface area contributed by atoms with Gasteiger partial charge in [-0.2, -0.15) is 5.10 Å². The number of rotatable bonds is 6. The third-order valence-electron chi connectivity index (χ3n) is 5.58. The zero-order valence-corrected chi connectivity index (χ0v) is 17.7. The second-order valence-electron chi connectivity index (χ2n) is 7.87. The van der Waals surface area contributed by atoms with Gasteiger partial charge < -0.3 is 14.5 Å². The summed E-state index contributed by atoms with van der Waals surface area (Å²) in [5.74, 6) is 0.807. The highest BCUT2D eigenvalue weighted by Crippen LogP contribution is 2.22. The fourth-order valence-electron chi connectivity index (χ4n) is 3.62. The molecule has 0 N–H and O–H groups in total. The van der Waals surface area contributed by atoms with Gasteiger partial charge in [0, 0.05) is 32.2 Å². The van der Waals surface area contributed by atoms with E-state index in [1.807, 2.05) is 41.1 Å².